The van der Waals surface area contributed by atoms with Gasteiger partial charge in [0, 0.05) is 0 Å². The number of hydrogen-bond donors (Lipinski definition) is 0. The van der Waals surface area contributed by atoms with Crippen LogP contribution in [0.1, 0.15) is 25.3 Å². The van der Waals surface area contributed by atoms with E-state index in [1.807, 2.05) is 0 Å². The van der Waals surface area contributed by atoms with E-state index in [9.17, 15) is 14.2 Å². The molecule has 0 aliphatic heterocycles. The maximum atomic E-state index is 13.0. The molecule has 0 bridgehead atoms. The van der Waals surface area contributed by atoms with Gasteiger partial charge in [-0.05, 0) is 12.5 Å². The minimum Gasteiger partial charge on any atom is -0.465 e. The Morgan fingerprint density at radius 1 is 1.00 bits per heavy atom. The predicted molar refractivity (Wildman–Crippen MR) is 107 cm³/mol. The lowest BCUT2D eigenvalue weighted by Crippen LogP contribution is -2.38. The van der Waals surface area contributed by atoms with Crippen molar-refractivity contribution in [2.45, 2.75) is 26.4 Å². The van der Waals surface area contributed by atoms with Gasteiger partial charge >= 0.3 is 19.7 Å². The molecule has 0 saturated heterocycles. The van der Waals surface area contributed by atoms with Crippen LogP contribution in [0.5, 0.6) is 0 Å². The van der Waals surface area contributed by atoms with Gasteiger partial charge < -0.3 is 9.47 Å². The van der Waals surface area contributed by atoms with Crippen molar-refractivity contribution in [2.75, 3.05) is 32.7 Å². The van der Waals surface area contributed by atoms with Crippen molar-refractivity contribution in [2.24, 2.45) is 0 Å². The first-order valence-corrected chi connectivity index (χ1v) is 11.2. The number of hydrogen-bond acceptors (Lipinski definition) is 11. The third-order valence-corrected chi connectivity index (χ3v) is 4.71. The minimum atomic E-state index is -4.33. The number of ether oxygens (including phenoxy) is 2. The second kappa shape index (κ2) is 15.8. The van der Waals surface area contributed by atoms with Crippen LogP contribution >= 0.6 is 7.60 Å². The molecule has 0 spiro atoms. The van der Waals surface area contributed by atoms with E-state index in [1.165, 1.54) is 0 Å². The summed E-state index contributed by atoms with van der Waals surface area (Å²) in [5.74, 6) is -0.786. The molecule has 174 valence electrons. The van der Waals surface area contributed by atoms with Crippen LogP contribution in [0.3, 0.4) is 0 Å². The molecule has 1 aromatic carbocycles. The summed E-state index contributed by atoms with van der Waals surface area (Å²) in [6, 6.07) is 12.4. The molecule has 13 heteroatoms. The first-order chi connectivity index (χ1) is 15.4. The summed E-state index contributed by atoms with van der Waals surface area (Å²) in [5, 5.41) is 17.1. The zero-order chi connectivity index (χ0) is 23.7. The molecule has 0 atom stereocenters. The number of rotatable bonds is 15. The molecule has 1 aromatic rings. The zero-order valence-electron chi connectivity index (χ0n) is 17.5. The highest BCUT2D eigenvalue weighted by Gasteiger charge is 2.35. The molecule has 1 rings (SSSR count). The van der Waals surface area contributed by atoms with Crippen molar-refractivity contribution < 1.29 is 42.8 Å². The van der Waals surface area contributed by atoms with Gasteiger partial charge in [0.05, 0.1) is 44.8 Å². The summed E-state index contributed by atoms with van der Waals surface area (Å²) in [7, 11) is -4.33. The van der Waals surface area contributed by atoms with Crippen molar-refractivity contribution in [1.29, 1.82) is 10.5 Å². The van der Waals surface area contributed by atoms with Crippen molar-refractivity contribution in [3.8, 4) is 12.1 Å². The SMILES string of the molecule is CCOC(=O)CN(CP(=O)(OOCCC#N)OOCCC#N)C(=O)OCc1ccccc1. The summed E-state index contributed by atoms with van der Waals surface area (Å²) in [6.45, 7) is 0.442. The Morgan fingerprint density at radius 2 is 1.59 bits per heavy atom. The average Bonchev–Trinajstić information content (AvgIpc) is 2.78. The van der Waals surface area contributed by atoms with Gasteiger partial charge in [0.25, 0.3) is 0 Å². The highest BCUT2D eigenvalue weighted by atomic mass is 31.2. The molecule has 0 heterocycles. The topological polar surface area (TPSA) is 157 Å². The van der Waals surface area contributed by atoms with Gasteiger partial charge in [0.15, 0.2) is 0 Å². The van der Waals surface area contributed by atoms with E-state index >= 15 is 0 Å². The van der Waals surface area contributed by atoms with E-state index in [-0.39, 0.29) is 39.3 Å². The van der Waals surface area contributed by atoms with Gasteiger partial charge in [-0.3, -0.25) is 14.3 Å². The van der Waals surface area contributed by atoms with Gasteiger partial charge in [-0.25, -0.2) is 14.6 Å². The number of nitrogens with zero attached hydrogens (tertiary/aromatic N) is 3. The van der Waals surface area contributed by atoms with Crippen molar-refractivity contribution in [3.05, 3.63) is 35.9 Å². The van der Waals surface area contributed by atoms with Crippen LogP contribution in [0.4, 0.5) is 4.79 Å². The highest BCUT2D eigenvalue weighted by Crippen LogP contribution is 2.49. The van der Waals surface area contributed by atoms with E-state index in [1.54, 1.807) is 49.4 Å². The maximum Gasteiger partial charge on any atom is 0.411 e. The van der Waals surface area contributed by atoms with E-state index < -0.39 is 32.5 Å². The lowest BCUT2D eigenvalue weighted by atomic mass is 10.2. The van der Waals surface area contributed by atoms with Crippen molar-refractivity contribution in [3.63, 3.8) is 0 Å². The molecule has 0 fully saturated rings. The fraction of sp³-hybridized carbons (Fsp3) is 0.474. The number of benzene rings is 1. The zero-order valence-corrected chi connectivity index (χ0v) is 18.4. The third kappa shape index (κ3) is 11.4. The Hall–Kier alpha value is -2.99. The third-order valence-electron chi connectivity index (χ3n) is 3.36. The van der Waals surface area contributed by atoms with Gasteiger partial charge in [-0.2, -0.15) is 10.5 Å². The Morgan fingerprint density at radius 3 is 2.12 bits per heavy atom. The Kier molecular flexibility index (Phi) is 13.3. The monoisotopic (exact) mass is 469 g/mol. The summed E-state index contributed by atoms with van der Waals surface area (Å²) < 4.78 is 32.6. The fourth-order valence-electron chi connectivity index (χ4n) is 2.02. The van der Waals surface area contributed by atoms with Crippen LogP contribution in [-0.2, 0) is 44.6 Å². The number of nitriles is 2. The number of carbonyl (C=O) groups is 2. The number of amides is 1. The molecule has 0 aliphatic rings. The Balaban J connectivity index is 2.90. The molecule has 0 aliphatic carbocycles. The molecule has 0 saturated carbocycles. The van der Waals surface area contributed by atoms with Crippen LogP contribution in [0.2, 0.25) is 0 Å². The maximum absolute atomic E-state index is 13.0. The molecule has 12 nitrogen and oxygen atoms in total. The average molecular weight is 469 g/mol. The molecular formula is C19H24N3O9P. The van der Waals surface area contributed by atoms with Gasteiger partial charge in [0.2, 0.25) is 0 Å². The Labute approximate surface area is 185 Å². The van der Waals surface area contributed by atoms with Crippen LogP contribution in [-0.4, -0.2) is 49.6 Å². The van der Waals surface area contributed by atoms with Crippen LogP contribution in [0.15, 0.2) is 30.3 Å². The van der Waals surface area contributed by atoms with Gasteiger partial charge in [-0.1, -0.05) is 30.3 Å². The summed E-state index contributed by atoms with van der Waals surface area (Å²) in [5.41, 5.74) is 0.687. The molecule has 1 amide bonds. The van der Waals surface area contributed by atoms with E-state index in [4.69, 9.17) is 39.1 Å². The number of carbonyl (C=O) groups excluding carboxylic acids is 2. The Bertz CT molecular complexity index is 813. The van der Waals surface area contributed by atoms with E-state index in [2.05, 4.69) is 0 Å². The molecule has 0 N–H and O–H groups in total. The fourth-order valence-corrected chi connectivity index (χ4v) is 3.25. The second-order valence-corrected chi connectivity index (χ2v) is 7.71. The lowest BCUT2D eigenvalue weighted by molar-refractivity contribution is -0.266. The van der Waals surface area contributed by atoms with Crippen molar-refractivity contribution in [1.82, 2.24) is 4.90 Å². The van der Waals surface area contributed by atoms with Crippen LogP contribution in [0.25, 0.3) is 0 Å². The first kappa shape index (κ1) is 27.0. The van der Waals surface area contributed by atoms with Crippen LogP contribution in [0, 0.1) is 22.7 Å². The lowest BCUT2D eigenvalue weighted by Gasteiger charge is -2.24. The minimum absolute atomic E-state index is 0.0605. The van der Waals surface area contributed by atoms with Gasteiger partial charge in [0.1, 0.15) is 19.4 Å². The first-order valence-electron chi connectivity index (χ1n) is 9.50. The normalized spacial score (nSPS) is 10.6. The molecule has 0 aromatic heterocycles. The summed E-state index contributed by atoms with van der Waals surface area (Å²) >= 11 is 0. The molecule has 32 heavy (non-hydrogen) atoms. The van der Waals surface area contributed by atoms with E-state index in [0.717, 1.165) is 4.90 Å². The summed E-state index contributed by atoms with van der Waals surface area (Å²) in [4.78, 5) is 34.7. The largest absolute Gasteiger partial charge is 0.465 e. The second-order valence-electron chi connectivity index (χ2n) is 5.90. The quantitative estimate of drug-likeness (QED) is 0.122. The van der Waals surface area contributed by atoms with Crippen molar-refractivity contribution >= 4 is 19.7 Å². The van der Waals surface area contributed by atoms with Crippen LogP contribution < -0.4 is 0 Å². The van der Waals surface area contributed by atoms with Gasteiger partial charge in [-0.15, -0.1) is 9.35 Å². The smallest absolute Gasteiger partial charge is 0.411 e. The number of esters is 1. The molecular weight excluding hydrogens is 445 g/mol. The highest BCUT2D eigenvalue weighted by molar-refractivity contribution is 7.53. The summed E-state index contributed by atoms with van der Waals surface area (Å²) in [6.07, 6.45) is -1.93. The standard InChI is InChI=1S/C19H24N3O9P/c1-2-26-18(23)14-22(19(24)27-15-17-8-4-3-5-9-17)16-32(25,30-28-12-6-10-20)31-29-13-7-11-21/h3-5,8-9H,2,6-7,12-16H2,1H3. The predicted octanol–water partition coefficient (Wildman–Crippen LogP) is 3.06. The molecule has 0 unspecified atom stereocenters. The van der Waals surface area contributed by atoms with E-state index in [0.29, 0.717) is 5.56 Å². The molecule has 0 radical (unpaired) electrons.